The molecule has 2 aromatic rings. The average molecular weight is 637 g/mol. The molecule has 0 radical (unpaired) electrons. The first-order chi connectivity index (χ1) is 18.2. The van der Waals surface area contributed by atoms with Crippen molar-refractivity contribution in [1.29, 1.82) is 0 Å². The monoisotopic (exact) mass is 636 g/mol. The van der Waals surface area contributed by atoms with E-state index in [-0.39, 0.29) is 41.2 Å². The fraction of sp³-hybridized carbons (Fsp3) is 0.353. The van der Waals surface area contributed by atoms with Crippen molar-refractivity contribution in [2.75, 3.05) is 18.5 Å². The van der Waals surface area contributed by atoms with Crippen LogP contribution in [0.5, 0.6) is 0 Å². The molecule has 4 rings (SSSR count). The zero-order chi connectivity index (χ0) is 27.3. The third-order valence-electron chi connectivity index (χ3n) is 7.96. The molecule has 2 aliphatic rings. The second-order valence-electron chi connectivity index (χ2n) is 11.3. The molecule has 0 saturated carbocycles. The normalized spacial score (nSPS) is 18.4. The van der Waals surface area contributed by atoms with Crippen LogP contribution in [0.15, 0.2) is 96.8 Å². The van der Waals surface area contributed by atoms with Gasteiger partial charge >= 0.3 is 5.97 Å². The van der Waals surface area contributed by atoms with Gasteiger partial charge in [-0.3, -0.25) is 4.79 Å². The highest BCUT2D eigenvalue weighted by atomic mass is 127. The Morgan fingerprint density at radius 3 is 2.21 bits per heavy atom. The lowest BCUT2D eigenvalue weighted by molar-refractivity contribution is -0.401. The third-order valence-corrected chi connectivity index (χ3v) is 7.96. The highest BCUT2D eigenvalue weighted by Crippen LogP contribution is 2.47. The number of anilines is 1. The Labute approximate surface area is 251 Å². The zero-order valence-corrected chi connectivity index (χ0v) is 26.0. The van der Waals surface area contributed by atoms with Gasteiger partial charge < -0.3 is 34.0 Å². The van der Waals surface area contributed by atoms with E-state index in [1.807, 2.05) is 0 Å². The average Bonchev–Trinajstić information content (AvgIpc) is 3.22. The van der Waals surface area contributed by atoms with Crippen LogP contribution in [0.4, 0.5) is 11.4 Å². The minimum atomic E-state index is -0.714. The van der Waals surface area contributed by atoms with E-state index in [4.69, 9.17) is 5.11 Å². The first-order valence-electron chi connectivity index (χ1n) is 13.7. The van der Waals surface area contributed by atoms with Crippen molar-refractivity contribution in [1.82, 2.24) is 0 Å². The van der Waals surface area contributed by atoms with E-state index in [2.05, 4.69) is 135 Å². The number of unbranched alkanes of at least 4 members (excludes halogenated alkanes) is 2. The number of carboxylic acids is 1. The van der Waals surface area contributed by atoms with Gasteiger partial charge in [-0.1, -0.05) is 87.0 Å². The summed E-state index contributed by atoms with van der Waals surface area (Å²) in [5.74, 6) is -0.714. The number of nitrogens with zero attached hydrogens (tertiary/aromatic N) is 2. The Morgan fingerprint density at radius 1 is 0.846 bits per heavy atom. The van der Waals surface area contributed by atoms with E-state index < -0.39 is 5.97 Å². The summed E-state index contributed by atoms with van der Waals surface area (Å²) >= 11 is 0. The molecule has 0 saturated heterocycles. The maximum Gasteiger partial charge on any atom is 0.303 e. The summed E-state index contributed by atoms with van der Waals surface area (Å²) < 4.78 is 2.29. The van der Waals surface area contributed by atoms with Crippen LogP contribution in [0.25, 0.3) is 0 Å². The number of para-hydroxylation sites is 2. The van der Waals surface area contributed by atoms with Gasteiger partial charge in [0.25, 0.3) is 0 Å². The number of hydrogen-bond donors (Lipinski definition) is 1. The van der Waals surface area contributed by atoms with E-state index in [1.54, 1.807) is 0 Å². The van der Waals surface area contributed by atoms with Gasteiger partial charge in [-0.05, 0) is 44.4 Å². The molecule has 0 atom stereocenters. The topological polar surface area (TPSA) is 43.5 Å². The molecule has 0 aliphatic carbocycles. The van der Waals surface area contributed by atoms with Crippen LogP contribution < -0.4 is 28.9 Å². The minimum Gasteiger partial charge on any atom is -1.00 e. The molecule has 0 bridgehead atoms. The number of carbonyl (C=O) groups is 1. The summed E-state index contributed by atoms with van der Waals surface area (Å²) in [6, 6.07) is 17.2. The van der Waals surface area contributed by atoms with Gasteiger partial charge in [0.2, 0.25) is 5.69 Å². The van der Waals surface area contributed by atoms with Gasteiger partial charge in [0.1, 0.15) is 7.05 Å². The molecule has 0 amide bonds. The second kappa shape index (κ2) is 12.9. The Morgan fingerprint density at radius 2 is 1.49 bits per heavy atom. The molecular weight excluding hydrogens is 595 g/mol. The molecule has 4 nitrogen and oxygen atoms in total. The van der Waals surface area contributed by atoms with Gasteiger partial charge in [0, 0.05) is 47.5 Å². The fourth-order valence-electron chi connectivity index (χ4n) is 5.89. The van der Waals surface area contributed by atoms with Crippen molar-refractivity contribution in [3.05, 3.63) is 108 Å². The number of rotatable bonds is 10. The maximum absolute atomic E-state index is 10.8. The number of hydrogen-bond acceptors (Lipinski definition) is 2. The predicted octanol–water partition coefficient (Wildman–Crippen LogP) is 4.69. The minimum absolute atomic E-state index is 0. The lowest BCUT2D eigenvalue weighted by Crippen LogP contribution is -3.00. The van der Waals surface area contributed by atoms with Crippen molar-refractivity contribution in [3.8, 4) is 0 Å². The lowest BCUT2D eigenvalue weighted by atomic mass is 9.81. The van der Waals surface area contributed by atoms with Crippen LogP contribution in [-0.2, 0) is 15.6 Å². The SMILES string of the molecule is C[N+]1=C(/C=C/C=C/C=C/C=C2/N(CCCCCC(=O)O)c3ccccc3C2(C)C)C(C)(C)c2ccccc21.[I-]. The Kier molecular flexibility index (Phi) is 10.2. The van der Waals surface area contributed by atoms with Crippen LogP contribution in [0.3, 0.4) is 0 Å². The molecule has 1 N–H and O–H groups in total. The van der Waals surface area contributed by atoms with Crippen LogP contribution in [0, 0.1) is 0 Å². The van der Waals surface area contributed by atoms with Crippen LogP contribution >= 0.6 is 0 Å². The van der Waals surface area contributed by atoms with Gasteiger partial charge in [0.05, 0.1) is 5.41 Å². The molecule has 0 unspecified atom stereocenters. The molecule has 206 valence electrons. The standard InChI is InChI=1S/C34H40N2O2.HI/c1-33(2)26-18-13-15-20-28(26)35(5)30(33)22-10-7-6-8-11-23-31-34(3,4)27-19-14-16-21-29(27)36(31)25-17-9-12-24-32(37)38;/h6-8,10-11,13-16,18-23H,9,12,17,24-25H2,1-5H3;1H. The number of carboxylic acid groups (broad SMARTS) is 1. The summed E-state index contributed by atoms with van der Waals surface area (Å²) in [7, 11) is 2.14. The predicted molar refractivity (Wildman–Crippen MR) is 159 cm³/mol. The number of halogens is 1. The Bertz CT molecular complexity index is 1340. The molecule has 2 aliphatic heterocycles. The highest BCUT2D eigenvalue weighted by molar-refractivity contribution is 6.03. The molecule has 2 aromatic carbocycles. The van der Waals surface area contributed by atoms with Crippen molar-refractivity contribution >= 4 is 23.1 Å². The summed E-state index contributed by atoms with van der Waals surface area (Å²) in [6.45, 7) is 10.0. The molecule has 0 fully saturated rings. The van der Waals surface area contributed by atoms with E-state index >= 15 is 0 Å². The number of fused-ring (bicyclic) bond motifs is 2. The van der Waals surface area contributed by atoms with Crippen molar-refractivity contribution in [2.45, 2.75) is 64.2 Å². The Balaban J connectivity index is 0.00000420. The van der Waals surface area contributed by atoms with Crippen molar-refractivity contribution < 1.29 is 38.5 Å². The number of aliphatic carboxylic acids is 1. The second-order valence-corrected chi connectivity index (χ2v) is 11.3. The molecule has 39 heavy (non-hydrogen) atoms. The summed E-state index contributed by atoms with van der Waals surface area (Å²) in [6.07, 6.45) is 17.8. The van der Waals surface area contributed by atoms with Crippen molar-refractivity contribution in [3.63, 3.8) is 0 Å². The van der Waals surface area contributed by atoms with E-state index in [9.17, 15) is 4.79 Å². The van der Waals surface area contributed by atoms with Crippen molar-refractivity contribution in [2.24, 2.45) is 0 Å². The Hall–Kier alpha value is -2.93. The van der Waals surface area contributed by atoms with Crippen LogP contribution in [0.1, 0.15) is 64.5 Å². The quantitative estimate of drug-likeness (QED) is 0.178. The first-order valence-corrected chi connectivity index (χ1v) is 13.7. The summed E-state index contributed by atoms with van der Waals surface area (Å²) in [4.78, 5) is 13.3. The van der Waals surface area contributed by atoms with Gasteiger partial charge in [0.15, 0.2) is 5.71 Å². The van der Waals surface area contributed by atoms with Gasteiger partial charge in [-0.15, -0.1) is 0 Å². The highest BCUT2D eigenvalue weighted by Gasteiger charge is 2.42. The zero-order valence-electron chi connectivity index (χ0n) is 23.8. The third kappa shape index (κ3) is 6.46. The van der Waals surface area contributed by atoms with Gasteiger partial charge in [-0.2, -0.15) is 4.58 Å². The maximum atomic E-state index is 10.8. The molecule has 5 heteroatoms. The van der Waals surface area contributed by atoms with E-state index in [0.29, 0.717) is 0 Å². The fourth-order valence-corrected chi connectivity index (χ4v) is 5.89. The van der Waals surface area contributed by atoms with Crippen LogP contribution in [0.2, 0.25) is 0 Å². The summed E-state index contributed by atoms with van der Waals surface area (Å²) in [5, 5.41) is 8.93. The smallest absolute Gasteiger partial charge is 0.303 e. The van der Waals surface area contributed by atoms with Crippen LogP contribution in [-0.4, -0.2) is 35.0 Å². The van der Waals surface area contributed by atoms with Gasteiger partial charge in [-0.25, -0.2) is 0 Å². The molecule has 2 heterocycles. The summed E-state index contributed by atoms with van der Waals surface area (Å²) in [5.41, 5.74) is 7.70. The lowest BCUT2D eigenvalue weighted by Gasteiger charge is -2.27. The first kappa shape index (κ1) is 30.6. The largest absolute Gasteiger partial charge is 1.00 e. The van der Waals surface area contributed by atoms with E-state index in [1.165, 1.54) is 33.9 Å². The number of allylic oxidation sites excluding steroid dienone is 8. The molecular formula is C34H41IN2O2. The molecule has 0 spiro atoms. The molecule has 0 aromatic heterocycles. The van der Waals surface area contributed by atoms with E-state index in [0.717, 1.165) is 25.8 Å². The number of benzene rings is 2.